The van der Waals surface area contributed by atoms with Gasteiger partial charge in [-0.25, -0.2) is 5.10 Å². The van der Waals surface area contributed by atoms with Gasteiger partial charge < -0.3 is 0 Å². The first-order valence-electron chi connectivity index (χ1n) is 3.95. The number of rotatable bonds is 4. The Bertz CT molecular complexity index is 259. The number of nitrogens with zero attached hydrogens (tertiary/aromatic N) is 2. The van der Waals surface area contributed by atoms with E-state index in [0.29, 0.717) is 17.0 Å². The van der Waals surface area contributed by atoms with Crippen molar-refractivity contribution in [2.75, 3.05) is 11.1 Å². The molecule has 0 unspecified atom stereocenters. The Balaban J connectivity index is 2.26. The van der Waals surface area contributed by atoms with Crippen molar-refractivity contribution in [3.8, 4) is 0 Å². The number of aromatic nitrogens is 3. The predicted molar refractivity (Wildman–Crippen MR) is 52.6 cm³/mol. The summed E-state index contributed by atoms with van der Waals surface area (Å²) < 4.78 is 0. The topological polar surface area (TPSA) is 70.7 Å². The second-order valence-corrected chi connectivity index (χ2v) is 4.31. The average Bonchev–Trinajstić information content (AvgIpc) is 2.53. The van der Waals surface area contributed by atoms with Gasteiger partial charge in [0.1, 0.15) is 6.33 Å². The summed E-state index contributed by atoms with van der Waals surface area (Å²) >= 11 is 1.59. The van der Waals surface area contributed by atoms with E-state index in [0.717, 1.165) is 0 Å². The Kier molecular flexibility index (Phi) is 3.75. The van der Waals surface area contributed by atoms with Gasteiger partial charge in [0.2, 0.25) is 11.9 Å². The second-order valence-electron chi connectivity index (χ2n) is 2.74. The number of H-pyrrole nitrogens is 1. The fourth-order valence-corrected chi connectivity index (χ4v) is 1.23. The number of amides is 1. The molecule has 13 heavy (non-hydrogen) atoms. The van der Waals surface area contributed by atoms with Crippen LogP contribution < -0.4 is 5.32 Å². The molecule has 0 aromatic carbocycles. The van der Waals surface area contributed by atoms with Gasteiger partial charge in [-0.1, -0.05) is 13.8 Å². The number of carbonyl (C=O) groups excluding carboxylic acids is 1. The first kappa shape index (κ1) is 10.0. The van der Waals surface area contributed by atoms with Gasteiger partial charge >= 0.3 is 0 Å². The van der Waals surface area contributed by atoms with Gasteiger partial charge in [0, 0.05) is 0 Å². The molecule has 1 aromatic heterocycles. The third-order valence-electron chi connectivity index (χ3n) is 1.22. The van der Waals surface area contributed by atoms with Gasteiger partial charge in [-0.05, 0) is 5.25 Å². The van der Waals surface area contributed by atoms with Crippen molar-refractivity contribution in [3.63, 3.8) is 0 Å². The van der Waals surface area contributed by atoms with E-state index in [9.17, 15) is 4.79 Å². The van der Waals surface area contributed by atoms with Crippen molar-refractivity contribution in [2.45, 2.75) is 19.1 Å². The molecule has 5 nitrogen and oxygen atoms in total. The molecule has 0 atom stereocenters. The summed E-state index contributed by atoms with van der Waals surface area (Å²) in [6.07, 6.45) is 1.35. The van der Waals surface area contributed by atoms with Crippen LogP contribution in [0.25, 0.3) is 0 Å². The molecule has 1 amide bonds. The van der Waals surface area contributed by atoms with E-state index in [1.807, 2.05) is 13.8 Å². The quantitative estimate of drug-likeness (QED) is 0.757. The number of carbonyl (C=O) groups is 1. The third-order valence-corrected chi connectivity index (χ3v) is 2.32. The molecule has 1 heterocycles. The van der Waals surface area contributed by atoms with E-state index < -0.39 is 0 Å². The van der Waals surface area contributed by atoms with Crippen molar-refractivity contribution >= 4 is 23.6 Å². The molecule has 1 rings (SSSR count). The maximum Gasteiger partial charge on any atom is 0.236 e. The number of aromatic amines is 1. The van der Waals surface area contributed by atoms with E-state index in [2.05, 4.69) is 20.5 Å². The van der Waals surface area contributed by atoms with Crippen LogP contribution in [0.5, 0.6) is 0 Å². The van der Waals surface area contributed by atoms with Crippen molar-refractivity contribution in [1.82, 2.24) is 15.2 Å². The molecule has 0 saturated carbocycles. The average molecular weight is 200 g/mol. The fourth-order valence-electron chi connectivity index (χ4n) is 0.676. The van der Waals surface area contributed by atoms with E-state index in [1.165, 1.54) is 6.33 Å². The summed E-state index contributed by atoms with van der Waals surface area (Å²) in [5.41, 5.74) is 0. The maximum atomic E-state index is 11.2. The number of thioether (sulfide) groups is 1. The number of hydrogen-bond donors (Lipinski definition) is 2. The van der Waals surface area contributed by atoms with Gasteiger partial charge in [-0.3, -0.25) is 10.1 Å². The van der Waals surface area contributed by atoms with Crippen LogP contribution in [0.2, 0.25) is 0 Å². The minimum absolute atomic E-state index is 0.0598. The Morgan fingerprint density at radius 1 is 1.77 bits per heavy atom. The van der Waals surface area contributed by atoms with Crippen LogP contribution in [0.1, 0.15) is 13.8 Å². The Labute approximate surface area is 80.7 Å². The molecule has 0 saturated heterocycles. The number of anilines is 1. The Morgan fingerprint density at radius 2 is 2.54 bits per heavy atom. The van der Waals surface area contributed by atoms with E-state index in [-0.39, 0.29) is 5.91 Å². The van der Waals surface area contributed by atoms with Crippen LogP contribution in [-0.2, 0) is 4.79 Å². The van der Waals surface area contributed by atoms with Crippen LogP contribution >= 0.6 is 11.8 Å². The highest BCUT2D eigenvalue weighted by Crippen LogP contribution is 2.08. The summed E-state index contributed by atoms with van der Waals surface area (Å²) in [5, 5.41) is 9.21. The first-order valence-corrected chi connectivity index (χ1v) is 5.00. The summed E-state index contributed by atoms with van der Waals surface area (Å²) in [5.74, 6) is 0.781. The smallest absolute Gasteiger partial charge is 0.236 e. The normalized spacial score (nSPS) is 10.4. The standard InChI is InChI=1S/C7H12N4OS/c1-5(2)13-3-6(12)10-7-8-4-9-11-7/h4-5H,3H2,1-2H3,(H2,8,9,10,11,12). The lowest BCUT2D eigenvalue weighted by Gasteiger charge is -2.03. The highest BCUT2D eigenvalue weighted by Gasteiger charge is 2.04. The summed E-state index contributed by atoms with van der Waals surface area (Å²) in [4.78, 5) is 15.0. The maximum absolute atomic E-state index is 11.2. The zero-order chi connectivity index (χ0) is 9.68. The molecular formula is C7H12N4OS. The van der Waals surface area contributed by atoms with Gasteiger partial charge in [-0.2, -0.15) is 10.1 Å². The molecule has 0 aliphatic rings. The molecule has 2 N–H and O–H groups in total. The van der Waals surface area contributed by atoms with E-state index in [4.69, 9.17) is 0 Å². The molecule has 6 heteroatoms. The monoisotopic (exact) mass is 200 g/mol. The molecule has 1 aromatic rings. The molecule has 0 radical (unpaired) electrons. The lowest BCUT2D eigenvalue weighted by Crippen LogP contribution is -2.16. The first-order chi connectivity index (χ1) is 6.18. The molecule has 0 bridgehead atoms. The van der Waals surface area contributed by atoms with Crippen molar-refractivity contribution in [1.29, 1.82) is 0 Å². The Morgan fingerprint density at radius 3 is 3.08 bits per heavy atom. The molecule has 0 aliphatic carbocycles. The molecule has 0 spiro atoms. The minimum atomic E-state index is -0.0598. The second kappa shape index (κ2) is 4.86. The van der Waals surface area contributed by atoms with Crippen molar-refractivity contribution < 1.29 is 4.79 Å². The number of nitrogens with one attached hydrogen (secondary N) is 2. The van der Waals surface area contributed by atoms with Crippen LogP contribution in [0.15, 0.2) is 6.33 Å². The molecule has 72 valence electrons. The molecule has 0 aliphatic heterocycles. The SMILES string of the molecule is CC(C)SCC(=O)Nc1ncn[nH]1. The fraction of sp³-hybridized carbons (Fsp3) is 0.571. The molecule has 0 fully saturated rings. The van der Waals surface area contributed by atoms with Gasteiger partial charge in [0.05, 0.1) is 5.75 Å². The largest absolute Gasteiger partial charge is 0.294 e. The number of hydrogen-bond acceptors (Lipinski definition) is 4. The van der Waals surface area contributed by atoms with Crippen LogP contribution in [0.4, 0.5) is 5.95 Å². The zero-order valence-electron chi connectivity index (χ0n) is 7.57. The lowest BCUT2D eigenvalue weighted by atomic mass is 10.6. The van der Waals surface area contributed by atoms with E-state index in [1.54, 1.807) is 11.8 Å². The lowest BCUT2D eigenvalue weighted by molar-refractivity contribution is -0.113. The van der Waals surface area contributed by atoms with Crippen LogP contribution in [0, 0.1) is 0 Å². The van der Waals surface area contributed by atoms with Crippen LogP contribution in [-0.4, -0.2) is 32.1 Å². The highest BCUT2D eigenvalue weighted by molar-refractivity contribution is 8.00. The summed E-state index contributed by atoms with van der Waals surface area (Å²) in [6.45, 7) is 4.10. The van der Waals surface area contributed by atoms with Gasteiger partial charge in [0.15, 0.2) is 0 Å². The van der Waals surface area contributed by atoms with Crippen LogP contribution in [0.3, 0.4) is 0 Å². The molecular weight excluding hydrogens is 188 g/mol. The summed E-state index contributed by atoms with van der Waals surface area (Å²) in [7, 11) is 0. The van der Waals surface area contributed by atoms with E-state index >= 15 is 0 Å². The Hall–Kier alpha value is -1.04. The van der Waals surface area contributed by atoms with Crippen molar-refractivity contribution in [3.05, 3.63) is 6.33 Å². The predicted octanol–water partition coefficient (Wildman–Crippen LogP) is 0.885. The highest BCUT2D eigenvalue weighted by atomic mass is 32.2. The van der Waals surface area contributed by atoms with Gasteiger partial charge in [-0.15, -0.1) is 11.8 Å². The third kappa shape index (κ3) is 3.93. The van der Waals surface area contributed by atoms with Crippen molar-refractivity contribution in [2.24, 2.45) is 0 Å². The zero-order valence-corrected chi connectivity index (χ0v) is 8.39. The minimum Gasteiger partial charge on any atom is -0.294 e. The van der Waals surface area contributed by atoms with Gasteiger partial charge in [0.25, 0.3) is 0 Å². The summed E-state index contributed by atoms with van der Waals surface area (Å²) in [6, 6.07) is 0.